The molecule has 206 valence electrons. The van der Waals surface area contributed by atoms with Crippen molar-refractivity contribution in [3.05, 3.63) is 99.8 Å². The van der Waals surface area contributed by atoms with Crippen LogP contribution in [0.3, 0.4) is 0 Å². The Bertz CT molecular complexity index is 1280. The third-order valence-corrected chi connectivity index (χ3v) is 7.41. The predicted molar refractivity (Wildman–Crippen MR) is 157 cm³/mol. The fourth-order valence-corrected chi connectivity index (χ4v) is 4.94. The number of fused-ring (bicyclic) bond motifs is 2. The number of hydrogen-bond donors (Lipinski definition) is 2. The van der Waals surface area contributed by atoms with Crippen molar-refractivity contribution in [3.8, 4) is 5.75 Å². The van der Waals surface area contributed by atoms with Gasteiger partial charge in [0.25, 0.3) is 0 Å². The molecule has 4 rings (SSSR count). The number of nitrogens with zero attached hydrogens (tertiary/aromatic N) is 2. The van der Waals surface area contributed by atoms with Gasteiger partial charge in [0.2, 0.25) is 0 Å². The molecule has 2 N–H and O–H groups in total. The summed E-state index contributed by atoms with van der Waals surface area (Å²) in [6.45, 7) is 8.94. The van der Waals surface area contributed by atoms with E-state index in [2.05, 4.69) is 34.3 Å². The van der Waals surface area contributed by atoms with E-state index >= 15 is 0 Å². The Balaban J connectivity index is 1.39. The molecule has 2 heterocycles. The highest BCUT2D eigenvalue weighted by Crippen LogP contribution is 2.38. The van der Waals surface area contributed by atoms with Crippen molar-refractivity contribution in [1.29, 1.82) is 0 Å². The molecule has 39 heavy (non-hydrogen) atoms. The summed E-state index contributed by atoms with van der Waals surface area (Å²) in [6, 6.07) is 18.0. The number of aldehydes is 1. The molecule has 0 radical (unpaired) electrons. The third-order valence-electron chi connectivity index (χ3n) is 7.16. The van der Waals surface area contributed by atoms with E-state index in [4.69, 9.17) is 16.3 Å². The molecule has 1 unspecified atom stereocenters. The summed E-state index contributed by atoms with van der Waals surface area (Å²) in [4.78, 5) is 18.0. The van der Waals surface area contributed by atoms with Crippen LogP contribution in [0.2, 0.25) is 5.02 Å². The van der Waals surface area contributed by atoms with Crippen molar-refractivity contribution in [3.63, 3.8) is 0 Å². The van der Waals surface area contributed by atoms with Crippen LogP contribution in [-0.2, 0) is 23.5 Å². The van der Waals surface area contributed by atoms with Gasteiger partial charge in [-0.3, -0.25) is 9.88 Å². The van der Waals surface area contributed by atoms with E-state index in [1.807, 2.05) is 48.5 Å². The zero-order chi connectivity index (χ0) is 27.8. The second-order valence-corrected chi connectivity index (χ2v) is 11.0. The number of pyridine rings is 1. The summed E-state index contributed by atoms with van der Waals surface area (Å²) in [7, 11) is 0. The number of aromatic nitrogens is 1. The monoisotopic (exact) mass is 547 g/mol. The maximum absolute atomic E-state index is 11.3. The van der Waals surface area contributed by atoms with Crippen LogP contribution >= 0.6 is 11.6 Å². The molecule has 1 aliphatic rings. The van der Waals surface area contributed by atoms with E-state index in [0.717, 1.165) is 71.5 Å². The van der Waals surface area contributed by atoms with Crippen molar-refractivity contribution >= 4 is 23.5 Å². The van der Waals surface area contributed by atoms with Crippen LogP contribution in [0.5, 0.6) is 5.75 Å². The van der Waals surface area contributed by atoms with Crippen molar-refractivity contribution in [2.75, 3.05) is 19.6 Å². The molecule has 0 aliphatic carbocycles. The van der Waals surface area contributed by atoms with Gasteiger partial charge in [-0.1, -0.05) is 41.9 Å². The molecule has 7 heteroatoms. The summed E-state index contributed by atoms with van der Waals surface area (Å²) in [6.07, 6.45) is 6.75. The lowest BCUT2D eigenvalue weighted by molar-refractivity contribution is -0.109. The zero-order valence-electron chi connectivity index (χ0n) is 23.0. The van der Waals surface area contributed by atoms with Gasteiger partial charge in [-0.25, -0.2) is 0 Å². The van der Waals surface area contributed by atoms with Crippen molar-refractivity contribution in [2.45, 2.75) is 58.4 Å². The Morgan fingerprint density at radius 2 is 1.95 bits per heavy atom. The maximum atomic E-state index is 11.3. The van der Waals surface area contributed by atoms with E-state index in [9.17, 15) is 9.90 Å². The minimum Gasteiger partial charge on any atom is -0.487 e. The van der Waals surface area contributed by atoms with E-state index in [0.29, 0.717) is 24.7 Å². The summed E-state index contributed by atoms with van der Waals surface area (Å²) >= 11 is 6.01. The highest BCUT2D eigenvalue weighted by atomic mass is 35.5. The number of nitrogens with one attached hydrogen (secondary N) is 1. The fraction of sp³-hybridized carbons (Fsp3) is 0.375. The number of rotatable bonds is 12. The molecule has 1 atom stereocenters. The molecule has 0 saturated heterocycles. The molecule has 6 nitrogen and oxygen atoms in total. The summed E-state index contributed by atoms with van der Waals surface area (Å²) < 4.78 is 6.10. The van der Waals surface area contributed by atoms with Gasteiger partial charge in [-0.05, 0) is 93.7 Å². The van der Waals surface area contributed by atoms with Crippen LogP contribution in [0.15, 0.2) is 66.9 Å². The second-order valence-electron chi connectivity index (χ2n) is 10.6. The third kappa shape index (κ3) is 7.76. The normalized spacial score (nSPS) is 14.9. The second kappa shape index (κ2) is 13.4. The smallest absolute Gasteiger partial charge is 0.134 e. The number of hydrogen-bond acceptors (Lipinski definition) is 6. The van der Waals surface area contributed by atoms with Crippen LogP contribution in [0, 0.1) is 0 Å². The van der Waals surface area contributed by atoms with Gasteiger partial charge < -0.3 is 20.0 Å². The molecular weight excluding hydrogens is 510 g/mol. The standard InChI is InChI=1S/C32H38ClN3O3/c1-23(36(18-19-37)21-24-8-11-26(33)12-9-24)14-17-34-15-4-6-27-28-7-5-16-35-30(28)22-39-31-13-10-25(20-29(27)31)32(2,3)38/h5-13,16,19-20,23,34,38H,4,14-15,17-18,21-22H2,1-3H3/b27-6+. The molecule has 0 fully saturated rings. The van der Waals surface area contributed by atoms with Gasteiger partial charge in [0, 0.05) is 34.9 Å². The predicted octanol–water partition coefficient (Wildman–Crippen LogP) is 5.75. The van der Waals surface area contributed by atoms with E-state index < -0.39 is 5.60 Å². The minimum atomic E-state index is -0.951. The van der Waals surface area contributed by atoms with Crippen LogP contribution in [0.25, 0.3) is 5.57 Å². The van der Waals surface area contributed by atoms with Crippen LogP contribution < -0.4 is 10.1 Å². The molecule has 1 aliphatic heterocycles. The molecular formula is C32H38ClN3O3. The molecule has 0 spiro atoms. The number of halogens is 1. The number of carbonyl (C=O) groups is 1. The van der Waals surface area contributed by atoms with Gasteiger partial charge in [-0.2, -0.15) is 0 Å². The first-order chi connectivity index (χ1) is 18.8. The van der Waals surface area contributed by atoms with Gasteiger partial charge in [0.1, 0.15) is 18.6 Å². The quantitative estimate of drug-likeness (QED) is 0.222. The SMILES string of the molecule is CC(CCNCC/C=C1/c2cc(C(C)(C)O)ccc2OCc2ncccc21)N(CC=O)Cc1ccc(Cl)cc1. The Morgan fingerprint density at radius 3 is 2.69 bits per heavy atom. The average Bonchev–Trinajstić information content (AvgIpc) is 3.07. The molecule has 2 aromatic carbocycles. The summed E-state index contributed by atoms with van der Waals surface area (Å²) in [5.41, 5.74) is 5.05. The Hall–Kier alpha value is -3.03. The molecule has 0 amide bonds. The van der Waals surface area contributed by atoms with Crippen molar-refractivity contribution in [2.24, 2.45) is 0 Å². The average molecular weight is 548 g/mol. The minimum absolute atomic E-state index is 0.251. The lowest BCUT2D eigenvalue weighted by Gasteiger charge is -2.27. The lowest BCUT2D eigenvalue weighted by atomic mass is 9.90. The highest BCUT2D eigenvalue weighted by molar-refractivity contribution is 6.30. The topological polar surface area (TPSA) is 74.7 Å². The highest BCUT2D eigenvalue weighted by Gasteiger charge is 2.23. The van der Waals surface area contributed by atoms with Crippen LogP contribution in [0.1, 0.15) is 61.6 Å². The van der Waals surface area contributed by atoms with Crippen LogP contribution in [0.4, 0.5) is 0 Å². The zero-order valence-corrected chi connectivity index (χ0v) is 23.7. The Morgan fingerprint density at radius 1 is 1.15 bits per heavy atom. The van der Waals surface area contributed by atoms with E-state index in [-0.39, 0.29) is 6.04 Å². The van der Waals surface area contributed by atoms with E-state index in [1.54, 1.807) is 20.0 Å². The maximum Gasteiger partial charge on any atom is 0.134 e. The van der Waals surface area contributed by atoms with Crippen molar-refractivity contribution < 1.29 is 14.6 Å². The number of ether oxygens (including phenoxy) is 1. The largest absolute Gasteiger partial charge is 0.487 e. The first kappa shape index (κ1) is 29.0. The lowest BCUT2D eigenvalue weighted by Crippen LogP contribution is -2.36. The molecule has 1 aromatic heterocycles. The molecule has 0 bridgehead atoms. The number of aliphatic hydroxyl groups is 1. The van der Waals surface area contributed by atoms with Gasteiger partial charge in [0.15, 0.2) is 0 Å². The Labute approximate surface area is 236 Å². The van der Waals surface area contributed by atoms with Gasteiger partial charge in [0.05, 0.1) is 17.8 Å². The van der Waals surface area contributed by atoms with Crippen LogP contribution in [-0.4, -0.2) is 47.0 Å². The van der Waals surface area contributed by atoms with Gasteiger partial charge >= 0.3 is 0 Å². The first-order valence-corrected chi connectivity index (χ1v) is 13.9. The number of carbonyl (C=O) groups excluding carboxylic acids is 1. The number of benzene rings is 2. The van der Waals surface area contributed by atoms with E-state index in [1.165, 1.54) is 0 Å². The summed E-state index contributed by atoms with van der Waals surface area (Å²) in [5.74, 6) is 0.796. The molecule has 3 aromatic rings. The van der Waals surface area contributed by atoms with Crippen molar-refractivity contribution in [1.82, 2.24) is 15.2 Å². The molecule has 0 saturated carbocycles. The first-order valence-electron chi connectivity index (χ1n) is 13.5. The fourth-order valence-electron chi connectivity index (χ4n) is 4.81. The van der Waals surface area contributed by atoms with Gasteiger partial charge in [-0.15, -0.1) is 0 Å². The summed E-state index contributed by atoms with van der Waals surface area (Å²) in [5, 5.41) is 14.9. The Kier molecular flexibility index (Phi) is 9.92.